The van der Waals surface area contributed by atoms with Gasteiger partial charge >= 0.3 is 0 Å². The first-order valence-corrected chi connectivity index (χ1v) is 11.4. The topological polar surface area (TPSA) is 79.0 Å². The molecular formula is C22H22N4O2S2. The lowest BCUT2D eigenvalue weighted by Gasteiger charge is -2.28. The molecule has 4 heterocycles. The zero-order valence-electron chi connectivity index (χ0n) is 17.0. The Morgan fingerprint density at radius 1 is 1.23 bits per heavy atom. The van der Waals surface area contributed by atoms with Gasteiger partial charge in [-0.05, 0) is 50.6 Å². The third-order valence-electron chi connectivity index (χ3n) is 5.13. The molecule has 1 unspecified atom stereocenters. The minimum absolute atomic E-state index is 0.0553. The molecule has 0 bridgehead atoms. The second-order valence-electron chi connectivity index (χ2n) is 7.07. The molecule has 6 nitrogen and oxygen atoms in total. The van der Waals surface area contributed by atoms with Crippen LogP contribution in [0.25, 0.3) is 20.7 Å². The number of pyridine rings is 1. The Morgan fingerprint density at radius 2 is 2.00 bits per heavy atom. The molecule has 4 aromatic rings. The minimum Gasteiger partial charge on any atom is -0.336 e. The molecule has 0 aliphatic carbocycles. The monoisotopic (exact) mass is 438 g/mol. The number of rotatable bonds is 6. The number of H-pyrrole nitrogens is 1. The summed E-state index contributed by atoms with van der Waals surface area (Å²) in [7, 11) is 0. The van der Waals surface area contributed by atoms with Crippen LogP contribution < -0.4 is 5.56 Å². The number of carbonyl (C=O) groups is 1. The molecule has 30 heavy (non-hydrogen) atoms. The average molecular weight is 439 g/mol. The normalized spacial score (nSPS) is 12.2. The second kappa shape index (κ2) is 8.49. The summed E-state index contributed by atoms with van der Waals surface area (Å²) in [5.41, 5.74) is 1.72. The summed E-state index contributed by atoms with van der Waals surface area (Å²) in [5, 5.41) is 2.56. The predicted octanol–water partition coefficient (Wildman–Crippen LogP) is 4.57. The quantitative estimate of drug-likeness (QED) is 0.478. The summed E-state index contributed by atoms with van der Waals surface area (Å²) < 4.78 is 0. The van der Waals surface area contributed by atoms with Crippen LogP contribution in [0, 0.1) is 6.92 Å². The van der Waals surface area contributed by atoms with Gasteiger partial charge in [0.15, 0.2) is 0 Å². The predicted molar refractivity (Wildman–Crippen MR) is 122 cm³/mol. The van der Waals surface area contributed by atoms with Gasteiger partial charge in [-0.3, -0.25) is 14.6 Å². The molecule has 154 valence electrons. The summed E-state index contributed by atoms with van der Waals surface area (Å²) in [6.45, 7) is 6.55. The first-order valence-electron chi connectivity index (χ1n) is 9.74. The van der Waals surface area contributed by atoms with E-state index in [2.05, 4.69) is 15.0 Å². The number of amides is 1. The largest absolute Gasteiger partial charge is 0.336 e. The van der Waals surface area contributed by atoms with Crippen molar-refractivity contribution in [2.75, 3.05) is 6.54 Å². The third kappa shape index (κ3) is 3.93. The molecule has 0 fully saturated rings. The van der Waals surface area contributed by atoms with Crippen LogP contribution in [0.2, 0.25) is 0 Å². The van der Waals surface area contributed by atoms with E-state index >= 15 is 0 Å². The molecule has 8 heteroatoms. The number of aromatic nitrogens is 3. The minimum atomic E-state index is -0.199. The molecule has 1 amide bonds. The highest BCUT2D eigenvalue weighted by Crippen LogP contribution is 2.35. The lowest BCUT2D eigenvalue weighted by Crippen LogP contribution is -2.35. The van der Waals surface area contributed by atoms with Crippen LogP contribution in [-0.4, -0.2) is 32.3 Å². The van der Waals surface area contributed by atoms with Gasteiger partial charge in [-0.15, -0.1) is 22.7 Å². The Balaban J connectivity index is 1.61. The molecule has 0 radical (unpaired) electrons. The van der Waals surface area contributed by atoms with E-state index in [1.54, 1.807) is 28.6 Å². The van der Waals surface area contributed by atoms with E-state index in [1.165, 1.54) is 16.2 Å². The van der Waals surface area contributed by atoms with Crippen LogP contribution >= 0.6 is 22.7 Å². The first kappa shape index (κ1) is 20.4. The van der Waals surface area contributed by atoms with Crippen LogP contribution in [-0.2, 0) is 11.2 Å². The van der Waals surface area contributed by atoms with Crippen LogP contribution in [0.15, 0.2) is 46.8 Å². The molecule has 4 rings (SSSR count). The Hall–Kier alpha value is -2.84. The second-order valence-corrected chi connectivity index (χ2v) is 9.21. The maximum Gasteiger partial charge on any atom is 0.260 e. The van der Waals surface area contributed by atoms with Gasteiger partial charge in [0.05, 0.1) is 17.8 Å². The molecule has 1 atom stereocenters. The number of hydrogen-bond acceptors (Lipinski definition) is 6. The summed E-state index contributed by atoms with van der Waals surface area (Å²) in [6, 6.07) is 7.80. The van der Waals surface area contributed by atoms with E-state index < -0.39 is 0 Å². The molecule has 0 aliphatic rings. The highest BCUT2D eigenvalue weighted by Gasteiger charge is 2.22. The Bertz CT molecular complexity index is 1240. The van der Waals surface area contributed by atoms with Crippen molar-refractivity contribution < 1.29 is 4.79 Å². The van der Waals surface area contributed by atoms with Crippen molar-refractivity contribution in [3.05, 3.63) is 68.7 Å². The third-order valence-corrected chi connectivity index (χ3v) is 7.04. The maximum absolute atomic E-state index is 13.0. The molecule has 0 aromatic carbocycles. The molecule has 0 saturated heterocycles. The van der Waals surface area contributed by atoms with Crippen molar-refractivity contribution >= 4 is 38.8 Å². The molecule has 0 saturated carbocycles. The van der Waals surface area contributed by atoms with E-state index in [-0.39, 0.29) is 23.9 Å². The average Bonchev–Trinajstić information content (AvgIpc) is 3.35. The van der Waals surface area contributed by atoms with Crippen LogP contribution in [0.1, 0.15) is 36.2 Å². The Labute approximate surface area is 182 Å². The summed E-state index contributed by atoms with van der Waals surface area (Å²) in [6.07, 6.45) is 3.50. The van der Waals surface area contributed by atoms with Gasteiger partial charge in [0.25, 0.3) is 5.56 Å². The SMILES string of the molecule is CCN(C(=O)Cc1nc2scc(-c3ccc(C)s3)c2c(=O)[nH]1)C(C)c1ccncc1. The fourth-order valence-corrected chi connectivity index (χ4v) is 5.49. The van der Waals surface area contributed by atoms with Gasteiger partial charge in [0.2, 0.25) is 5.91 Å². The van der Waals surface area contributed by atoms with Crippen molar-refractivity contribution in [1.29, 1.82) is 0 Å². The number of likely N-dealkylation sites (N-methyl/N-ethyl adjacent to an activating group) is 1. The van der Waals surface area contributed by atoms with Gasteiger partial charge in [-0.25, -0.2) is 4.98 Å². The first-order chi connectivity index (χ1) is 14.5. The number of hydrogen-bond donors (Lipinski definition) is 1. The number of nitrogens with zero attached hydrogens (tertiary/aromatic N) is 3. The highest BCUT2D eigenvalue weighted by atomic mass is 32.1. The van der Waals surface area contributed by atoms with E-state index in [1.807, 2.05) is 50.4 Å². The molecule has 0 aliphatic heterocycles. The van der Waals surface area contributed by atoms with Crippen molar-refractivity contribution in [1.82, 2.24) is 19.9 Å². The van der Waals surface area contributed by atoms with Crippen molar-refractivity contribution in [3.8, 4) is 10.4 Å². The van der Waals surface area contributed by atoms with E-state index in [4.69, 9.17) is 0 Å². The number of nitrogens with one attached hydrogen (secondary N) is 1. The summed E-state index contributed by atoms with van der Waals surface area (Å²) in [5.74, 6) is 0.323. The van der Waals surface area contributed by atoms with E-state index in [0.29, 0.717) is 22.6 Å². The number of thiophene rings is 2. The highest BCUT2D eigenvalue weighted by molar-refractivity contribution is 7.19. The zero-order valence-corrected chi connectivity index (χ0v) is 18.6. The Kier molecular flexibility index (Phi) is 5.78. The van der Waals surface area contributed by atoms with Gasteiger partial charge in [-0.2, -0.15) is 0 Å². The molecule has 4 aromatic heterocycles. The summed E-state index contributed by atoms with van der Waals surface area (Å²) >= 11 is 3.09. The van der Waals surface area contributed by atoms with Crippen LogP contribution in [0.5, 0.6) is 0 Å². The molecule has 1 N–H and O–H groups in total. The molecular weight excluding hydrogens is 416 g/mol. The zero-order chi connectivity index (χ0) is 21.3. The fourth-order valence-electron chi connectivity index (χ4n) is 3.57. The van der Waals surface area contributed by atoms with Crippen molar-refractivity contribution in [2.24, 2.45) is 0 Å². The fraction of sp³-hybridized carbons (Fsp3) is 0.273. The van der Waals surface area contributed by atoms with Crippen molar-refractivity contribution in [2.45, 2.75) is 33.2 Å². The number of fused-ring (bicyclic) bond motifs is 1. The maximum atomic E-state index is 13.0. The van der Waals surface area contributed by atoms with Gasteiger partial charge in [0.1, 0.15) is 10.7 Å². The van der Waals surface area contributed by atoms with Gasteiger partial charge in [0, 0.05) is 39.6 Å². The number of aromatic amines is 1. The molecule has 0 spiro atoms. The Morgan fingerprint density at radius 3 is 2.67 bits per heavy atom. The van der Waals surface area contributed by atoms with E-state index in [9.17, 15) is 9.59 Å². The standard InChI is InChI=1S/C22H22N4O2S2/c1-4-26(14(3)15-7-9-23-10-8-15)19(27)11-18-24-21(28)20-16(12-29-22(20)25-18)17-6-5-13(2)30-17/h5-10,12,14H,4,11H2,1-3H3,(H,24,25,28). The number of carbonyl (C=O) groups excluding carboxylic acids is 1. The van der Waals surface area contributed by atoms with Crippen molar-refractivity contribution in [3.63, 3.8) is 0 Å². The lowest BCUT2D eigenvalue weighted by molar-refractivity contribution is -0.132. The van der Waals surface area contributed by atoms with Crippen LogP contribution in [0.4, 0.5) is 0 Å². The number of aryl methyl sites for hydroxylation is 1. The van der Waals surface area contributed by atoms with Crippen LogP contribution in [0.3, 0.4) is 0 Å². The lowest BCUT2D eigenvalue weighted by atomic mass is 10.1. The van der Waals surface area contributed by atoms with E-state index in [0.717, 1.165) is 16.0 Å². The van der Waals surface area contributed by atoms with Gasteiger partial charge < -0.3 is 9.88 Å². The summed E-state index contributed by atoms with van der Waals surface area (Å²) in [4.78, 5) is 42.0. The smallest absolute Gasteiger partial charge is 0.260 e. The van der Waals surface area contributed by atoms with Gasteiger partial charge in [-0.1, -0.05) is 0 Å².